The van der Waals surface area contributed by atoms with E-state index in [1.165, 1.54) is 0 Å². The van der Waals surface area contributed by atoms with Gasteiger partial charge in [-0.2, -0.15) is 5.10 Å². The van der Waals surface area contributed by atoms with Crippen molar-refractivity contribution in [2.45, 2.75) is 6.54 Å². The molecule has 0 aliphatic rings. The van der Waals surface area contributed by atoms with Crippen LogP contribution in [-0.2, 0) is 13.6 Å². The molecule has 0 aliphatic carbocycles. The van der Waals surface area contributed by atoms with Crippen molar-refractivity contribution in [1.29, 1.82) is 0 Å². The van der Waals surface area contributed by atoms with E-state index < -0.39 is 0 Å². The zero-order chi connectivity index (χ0) is 12.5. The van der Waals surface area contributed by atoms with Gasteiger partial charge in [0.25, 0.3) is 0 Å². The van der Waals surface area contributed by atoms with Crippen LogP contribution in [0.5, 0.6) is 0 Å². The van der Waals surface area contributed by atoms with E-state index in [9.17, 15) is 4.79 Å². The zero-order valence-corrected chi connectivity index (χ0v) is 10.1. The third-order valence-electron chi connectivity index (χ3n) is 3.05. The standard InChI is InChI=1S/C14H13N3O/c1-16-7-6-12(15-16)9-17-8-11(10-18)13-4-2-3-5-14(13)17/h2-8,10H,9H2,1H3. The van der Waals surface area contributed by atoms with Gasteiger partial charge in [-0.1, -0.05) is 18.2 Å². The van der Waals surface area contributed by atoms with E-state index in [0.717, 1.165) is 28.4 Å². The minimum atomic E-state index is 0.676. The van der Waals surface area contributed by atoms with Gasteiger partial charge in [0.15, 0.2) is 6.29 Å². The number of carbonyl (C=O) groups is 1. The van der Waals surface area contributed by atoms with Crippen molar-refractivity contribution in [3.05, 3.63) is 54.0 Å². The molecule has 2 heterocycles. The molecule has 3 aromatic rings. The molecule has 3 rings (SSSR count). The number of benzene rings is 1. The topological polar surface area (TPSA) is 39.8 Å². The molecule has 0 unspecified atom stereocenters. The fourth-order valence-electron chi connectivity index (χ4n) is 2.22. The van der Waals surface area contributed by atoms with Gasteiger partial charge in [0.05, 0.1) is 12.2 Å². The van der Waals surface area contributed by atoms with Crippen LogP contribution in [0.2, 0.25) is 0 Å². The van der Waals surface area contributed by atoms with Gasteiger partial charge in [-0.15, -0.1) is 0 Å². The number of hydrogen-bond acceptors (Lipinski definition) is 2. The number of aryl methyl sites for hydroxylation is 1. The first-order valence-corrected chi connectivity index (χ1v) is 5.79. The summed E-state index contributed by atoms with van der Waals surface area (Å²) >= 11 is 0. The SMILES string of the molecule is Cn1ccc(Cn2cc(C=O)c3ccccc32)n1. The summed E-state index contributed by atoms with van der Waals surface area (Å²) in [6.07, 6.45) is 4.70. The smallest absolute Gasteiger partial charge is 0.152 e. The molecule has 0 atom stereocenters. The summed E-state index contributed by atoms with van der Waals surface area (Å²) in [4.78, 5) is 11.1. The molecule has 1 aromatic carbocycles. The first kappa shape index (κ1) is 10.8. The van der Waals surface area contributed by atoms with Crippen LogP contribution in [0.1, 0.15) is 16.1 Å². The Morgan fingerprint density at radius 2 is 2.11 bits per heavy atom. The normalized spacial score (nSPS) is 10.9. The summed E-state index contributed by atoms with van der Waals surface area (Å²) in [7, 11) is 1.90. The number of aldehydes is 1. The number of para-hydroxylation sites is 1. The highest BCUT2D eigenvalue weighted by atomic mass is 16.1. The van der Waals surface area contributed by atoms with Crippen molar-refractivity contribution in [2.24, 2.45) is 7.05 Å². The van der Waals surface area contributed by atoms with Gasteiger partial charge in [0, 0.05) is 35.9 Å². The van der Waals surface area contributed by atoms with Crippen molar-refractivity contribution in [3.8, 4) is 0 Å². The van der Waals surface area contributed by atoms with E-state index in [4.69, 9.17) is 0 Å². The van der Waals surface area contributed by atoms with Gasteiger partial charge in [-0.3, -0.25) is 9.48 Å². The Morgan fingerprint density at radius 1 is 1.28 bits per heavy atom. The minimum Gasteiger partial charge on any atom is -0.341 e. The lowest BCUT2D eigenvalue weighted by atomic mass is 10.2. The molecule has 18 heavy (non-hydrogen) atoms. The molecule has 0 spiro atoms. The summed E-state index contributed by atoms with van der Waals surface area (Å²) in [6.45, 7) is 0.676. The molecule has 4 heteroatoms. The number of fused-ring (bicyclic) bond motifs is 1. The third kappa shape index (κ3) is 1.72. The van der Waals surface area contributed by atoms with Gasteiger partial charge in [0.1, 0.15) is 0 Å². The van der Waals surface area contributed by atoms with Gasteiger partial charge < -0.3 is 4.57 Å². The summed E-state index contributed by atoms with van der Waals surface area (Å²) < 4.78 is 3.84. The van der Waals surface area contributed by atoms with Crippen LogP contribution in [0.3, 0.4) is 0 Å². The lowest BCUT2D eigenvalue weighted by Crippen LogP contribution is -1.99. The number of hydrogen-bond donors (Lipinski definition) is 0. The Labute approximate surface area is 104 Å². The maximum Gasteiger partial charge on any atom is 0.152 e. The van der Waals surface area contributed by atoms with E-state index in [-0.39, 0.29) is 0 Å². The monoisotopic (exact) mass is 239 g/mol. The fraction of sp³-hybridized carbons (Fsp3) is 0.143. The first-order chi connectivity index (χ1) is 8.78. The summed E-state index contributed by atoms with van der Waals surface area (Å²) in [5.74, 6) is 0. The molecule has 2 aromatic heterocycles. The molecule has 90 valence electrons. The van der Waals surface area contributed by atoms with Crippen molar-refractivity contribution in [2.75, 3.05) is 0 Å². The van der Waals surface area contributed by atoms with Gasteiger partial charge in [-0.05, 0) is 12.1 Å². The van der Waals surface area contributed by atoms with E-state index in [1.807, 2.05) is 49.8 Å². The Hall–Kier alpha value is -2.36. The highest BCUT2D eigenvalue weighted by molar-refractivity contribution is 5.97. The molecule has 4 nitrogen and oxygen atoms in total. The van der Waals surface area contributed by atoms with E-state index in [2.05, 4.69) is 9.67 Å². The Kier molecular flexibility index (Phi) is 2.48. The first-order valence-electron chi connectivity index (χ1n) is 5.79. The van der Waals surface area contributed by atoms with Crippen LogP contribution >= 0.6 is 0 Å². The number of aromatic nitrogens is 3. The molecule has 0 aliphatic heterocycles. The lowest BCUT2D eigenvalue weighted by molar-refractivity contribution is 0.112. The summed E-state index contributed by atoms with van der Waals surface area (Å²) in [6, 6.07) is 9.89. The van der Waals surface area contributed by atoms with E-state index in [0.29, 0.717) is 6.54 Å². The van der Waals surface area contributed by atoms with Gasteiger partial charge in [-0.25, -0.2) is 0 Å². The average Bonchev–Trinajstić information content (AvgIpc) is 2.95. The summed E-state index contributed by atoms with van der Waals surface area (Å²) in [5, 5.41) is 5.34. The maximum absolute atomic E-state index is 11.1. The van der Waals surface area contributed by atoms with Crippen LogP contribution in [0, 0.1) is 0 Å². The molecule has 0 amide bonds. The average molecular weight is 239 g/mol. The quantitative estimate of drug-likeness (QED) is 0.657. The predicted octanol–water partition coefficient (Wildman–Crippen LogP) is 2.24. The second kappa shape index (κ2) is 4.14. The molecular weight excluding hydrogens is 226 g/mol. The third-order valence-corrected chi connectivity index (χ3v) is 3.05. The molecule has 0 fully saturated rings. The number of rotatable bonds is 3. The fourth-order valence-corrected chi connectivity index (χ4v) is 2.22. The van der Waals surface area contributed by atoms with Crippen LogP contribution in [0.4, 0.5) is 0 Å². The summed E-state index contributed by atoms with van der Waals surface area (Å²) in [5.41, 5.74) is 2.77. The molecule has 0 saturated heterocycles. The van der Waals surface area contributed by atoms with Gasteiger partial charge >= 0.3 is 0 Å². The van der Waals surface area contributed by atoms with Crippen molar-refractivity contribution >= 4 is 17.2 Å². The van der Waals surface area contributed by atoms with Crippen molar-refractivity contribution in [1.82, 2.24) is 14.3 Å². The minimum absolute atomic E-state index is 0.676. The van der Waals surface area contributed by atoms with Crippen molar-refractivity contribution in [3.63, 3.8) is 0 Å². The van der Waals surface area contributed by atoms with E-state index in [1.54, 1.807) is 4.68 Å². The zero-order valence-electron chi connectivity index (χ0n) is 10.1. The van der Waals surface area contributed by atoms with Crippen LogP contribution in [0.15, 0.2) is 42.7 Å². The molecule has 0 bridgehead atoms. The van der Waals surface area contributed by atoms with Crippen LogP contribution < -0.4 is 0 Å². The van der Waals surface area contributed by atoms with Gasteiger partial charge in [0.2, 0.25) is 0 Å². The molecule has 0 saturated carbocycles. The maximum atomic E-state index is 11.1. The highest BCUT2D eigenvalue weighted by Gasteiger charge is 2.08. The van der Waals surface area contributed by atoms with Crippen LogP contribution in [-0.4, -0.2) is 20.6 Å². The van der Waals surface area contributed by atoms with Crippen LogP contribution in [0.25, 0.3) is 10.9 Å². The number of carbonyl (C=O) groups excluding carboxylic acids is 1. The second-order valence-corrected chi connectivity index (χ2v) is 4.33. The Bertz CT molecular complexity index is 709. The lowest BCUT2D eigenvalue weighted by Gasteiger charge is -2.02. The Balaban J connectivity index is 2.09. The molecular formula is C14H13N3O. The molecule has 0 N–H and O–H groups in total. The highest BCUT2D eigenvalue weighted by Crippen LogP contribution is 2.20. The number of nitrogens with zero attached hydrogens (tertiary/aromatic N) is 3. The predicted molar refractivity (Wildman–Crippen MR) is 69.6 cm³/mol. The largest absolute Gasteiger partial charge is 0.341 e. The second-order valence-electron chi connectivity index (χ2n) is 4.33. The van der Waals surface area contributed by atoms with E-state index >= 15 is 0 Å². The Morgan fingerprint density at radius 3 is 2.83 bits per heavy atom. The van der Waals surface area contributed by atoms with Crippen molar-refractivity contribution < 1.29 is 4.79 Å². The molecule has 0 radical (unpaired) electrons.